The third-order valence-electron chi connectivity index (χ3n) is 2.68. The molecule has 2 aromatic rings. The Morgan fingerprint density at radius 1 is 1.35 bits per heavy atom. The van der Waals surface area contributed by atoms with E-state index in [2.05, 4.69) is 4.98 Å². The van der Waals surface area contributed by atoms with E-state index in [1.165, 1.54) is 4.90 Å². The zero-order valence-corrected chi connectivity index (χ0v) is 9.63. The number of carbonyl (C=O) groups is 1. The topological polar surface area (TPSA) is 53.4 Å². The van der Waals surface area contributed by atoms with Crippen LogP contribution in [0.1, 0.15) is 10.4 Å². The SMILES string of the molecule is CN(CCO)C(=O)c1cncc2ccccc12. The lowest BCUT2D eigenvalue weighted by Crippen LogP contribution is -2.29. The molecule has 0 radical (unpaired) electrons. The number of nitrogens with zero attached hydrogens (tertiary/aromatic N) is 2. The number of aliphatic hydroxyl groups excluding tert-OH is 1. The molecular formula is C13H14N2O2. The second-order valence-corrected chi connectivity index (χ2v) is 3.86. The highest BCUT2D eigenvalue weighted by atomic mass is 16.3. The van der Waals surface area contributed by atoms with Gasteiger partial charge in [0.1, 0.15) is 0 Å². The van der Waals surface area contributed by atoms with Crippen LogP contribution in [0.5, 0.6) is 0 Å². The van der Waals surface area contributed by atoms with Crippen LogP contribution < -0.4 is 0 Å². The van der Waals surface area contributed by atoms with Crippen LogP contribution in [0, 0.1) is 0 Å². The second kappa shape index (κ2) is 4.93. The predicted molar refractivity (Wildman–Crippen MR) is 65.8 cm³/mol. The quantitative estimate of drug-likeness (QED) is 0.864. The number of carbonyl (C=O) groups excluding carboxylic acids is 1. The number of hydrogen-bond acceptors (Lipinski definition) is 3. The lowest BCUT2D eigenvalue weighted by atomic mass is 10.1. The highest BCUT2D eigenvalue weighted by Gasteiger charge is 2.14. The van der Waals surface area contributed by atoms with Crippen molar-refractivity contribution < 1.29 is 9.90 Å². The van der Waals surface area contributed by atoms with Gasteiger partial charge in [-0.25, -0.2) is 0 Å². The Labute approximate surface area is 99.5 Å². The third kappa shape index (κ3) is 2.26. The first-order valence-corrected chi connectivity index (χ1v) is 5.43. The number of aromatic nitrogens is 1. The molecule has 17 heavy (non-hydrogen) atoms. The Morgan fingerprint density at radius 2 is 2.12 bits per heavy atom. The molecule has 1 amide bonds. The molecule has 0 aliphatic heterocycles. The molecular weight excluding hydrogens is 216 g/mol. The van der Waals surface area contributed by atoms with Crippen molar-refractivity contribution in [2.45, 2.75) is 0 Å². The van der Waals surface area contributed by atoms with Crippen molar-refractivity contribution in [3.63, 3.8) is 0 Å². The first-order chi connectivity index (χ1) is 8.24. The third-order valence-corrected chi connectivity index (χ3v) is 2.68. The summed E-state index contributed by atoms with van der Waals surface area (Å²) < 4.78 is 0. The molecule has 2 rings (SSSR count). The van der Waals surface area contributed by atoms with Crippen molar-refractivity contribution in [1.82, 2.24) is 9.88 Å². The normalized spacial score (nSPS) is 10.5. The Kier molecular flexibility index (Phi) is 3.35. The fourth-order valence-electron chi connectivity index (χ4n) is 1.74. The summed E-state index contributed by atoms with van der Waals surface area (Å²) in [6.07, 6.45) is 3.30. The number of aliphatic hydroxyl groups is 1. The van der Waals surface area contributed by atoms with Gasteiger partial charge in [-0.05, 0) is 5.39 Å². The van der Waals surface area contributed by atoms with Crippen LogP contribution in [0.3, 0.4) is 0 Å². The summed E-state index contributed by atoms with van der Waals surface area (Å²) in [5.41, 5.74) is 0.569. The van der Waals surface area contributed by atoms with Gasteiger partial charge in [-0.1, -0.05) is 24.3 Å². The minimum absolute atomic E-state index is 0.0412. The van der Waals surface area contributed by atoms with Crippen LogP contribution in [0.25, 0.3) is 10.8 Å². The van der Waals surface area contributed by atoms with E-state index in [-0.39, 0.29) is 12.5 Å². The average Bonchev–Trinajstić information content (AvgIpc) is 2.37. The highest BCUT2D eigenvalue weighted by molar-refractivity contribution is 6.06. The molecule has 0 aliphatic carbocycles. The highest BCUT2D eigenvalue weighted by Crippen LogP contribution is 2.18. The number of amides is 1. The molecule has 0 fully saturated rings. The average molecular weight is 230 g/mol. The lowest BCUT2D eigenvalue weighted by molar-refractivity contribution is 0.0768. The van der Waals surface area contributed by atoms with Crippen LogP contribution in [-0.2, 0) is 0 Å². The van der Waals surface area contributed by atoms with Gasteiger partial charge in [0.15, 0.2) is 0 Å². The van der Waals surface area contributed by atoms with Crippen molar-refractivity contribution in [3.8, 4) is 0 Å². The van der Waals surface area contributed by atoms with Gasteiger partial charge in [-0.2, -0.15) is 0 Å². The fourth-order valence-corrected chi connectivity index (χ4v) is 1.74. The predicted octanol–water partition coefficient (Wildman–Crippen LogP) is 1.30. The van der Waals surface area contributed by atoms with Crippen LogP contribution in [0.2, 0.25) is 0 Å². The lowest BCUT2D eigenvalue weighted by Gasteiger charge is -2.16. The van der Waals surface area contributed by atoms with E-state index >= 15 is 0 Å². The van der Waals surface area contributed by atoms with Crippen LogP contribution >= 0.6 is 0 Å². The zero-order valence-electron chi connectivity index (χ0n) is 9.63. The van der Waals surface area contributed by atoms with Gasteiger partial charge in [0.05, 0.1) is 12.2 Å². The first-order valence-electron chi connectivity index (χ1n) is 5.43. The summed E-state index contributed by atoms with van der Waals surface area (Å²) in [7, 11) is 1.67. The standard InChI is InChI=1S/C13H14N2O2/c1-15(6-7-16)13(17)12-9-14-8-10-4-2-3-5-11(10)12/h2-5,8-9,16H,6-7H2,1H3. The molecule has 4 heteroatoms. The zero-order chi connectivity index (χ0) is 12.3. The maximum Gasteiger partial charge on any atom is 0.255 e. The molecule has 1 aromatic carbocycles. The van der Waals surface area contributed by atoms with Crippen LogP contribution in [0.15, 0.2) is 36.7 Å². The summed E-state index contributed by atoms with van der Waals surface area (Å²) in [6, 6.07) is 7.63. The van der Waals surface area contributed by atoms with Crippen molar-refractivity contribution >= 4 is 16.7 Å². The molecule has 0 saturated heterocycles. The van der Waals surface area contributed by atoms with Gasteiger partial charge in [0, 0.05) is 31.4 Å². The summed E-state index contributed by atoms with van der Waals surface area (Å²) in [5.74, 6) is -0.122. The molecule has 1 heterocycles. The van der Waals surface area contributed by atoms with Gasteiger partial charge in [0.25, 0.3) is 5.91 Å². The van der Waals surface area contributed by atoms with E-state index in [4.69, 9.17) is 5.11 Å². The smallest absolute Gasteiger partial charge is 0.255 e. The number of benzene rings is 1. The van der Waals surface area contributed by atoms with E-state index in [1.54, 1.807) is 19.4 Å². The van der Waals surface area contributed by atoms with Gasteiger partial charge >= 0.3 is 0 Å². The maximum atomic E-state index is 12.1. The number of pyridine rings is 1. The number of hydrogen-bond donors (Lipinski definition) is 1. The minimum Gasteiger partial charge on any atom is -0.395 e. The largest absolute Gasteiger partial charge is 0.395 e. The van der Waals surface area contributed by atoms with Gasteiger partial charge in [0.2, 0.25) is 0 Å². The molecule has 0 saturated carbocycles. The molecule has 4 nitrogen and oxygen atoms in total. The van der Waals surface area contributed by atoms with Gasteiger partial charge in [-0.15, -0.1) is 0 Å². The second-order valence-electron chi connectivity index (χ2n) is 3.86. The molecule has 0 spiro atoms. The van der Waals surface area contributed by atoms with Crippen LogP contribution in [0.4, 0.5) is 0 Å². The van der Waals surface area contributed by atoms with E-state index in [0.717, 1.165) is 10.8 Å². The maximum absolute atomic E-state index is 12.1. The van der Waals surface area contributed by atoms with Gasteiger partial charge < -0.3 is 10.0 Å². The minimum atomic E-state index is -0.122. The van der Waals surface area contributed by atoms with E-state index in [9.17, 15) is 4.79 Å². The summed E-state index contributed by atoms with van der Waals surface area (Å²) in [5, 5.41) is 10.7. The molecule has 0 unspecified atom stereocenters. The Hall–Kier alpha value is -1.94. The Bertz CT molecular complexity index is 534. The van der Waals surface area contributed by atoms with Crippen molar-refractivity contribution in [3.05, 3.63) is 42.2 Å². The molecule has 1 N–H and O–H groups in total. The molecule has 0 atom stereocenters. The molecule has 1 aromatic heterocycles. The number of likely N-dealkylation sites (N-methyl/N-ethyl adjacent to an activating group) is 1. The van der Waals surface area contributed by atoms with Gasteiger partial charge in [-0.3, -0.25) is 9.78 Å². The molecule has 0 aliphatic rings. The summed E-state index contributed by atoms with van der Waals surface area (Å²) >= 11 is 0. The van der Waals surface area contributed by atoms with E-state index < -0.39 is 0 Å². The number of rotatable bonds is 3. The van der Waals surface area contributed by atoms with E-state index in [1.807, 2.05) is 24.3 Å². The van der Waals surface area contributed by atoms with Crippen molar-refractivity contribution in [2.75, 3.05) is 20.2 Å². The number of fused-ring (bicyclic) bond motifs is 1. The first kappa shape index (κ1) is 11.5. The summed E-state index contributed by atoms with van der Waals surface area (Å²) in [4.78, 5) is 17.7. The monoisotopic (exact) mass is 230 g/mol. The molecule has 0 bridgehead atoms. The Morgan fingerprint density at radius 3 is 2.88 bits per heavy atom. The molecule has 88 valence electrons. The Balaban J connectivity index is 2.45. The van der Waals surface area contributed by atoms with E-state index in [0.29, 0.717) is 12.1 Å². The fraction of sp³-hybridized carbons (Fsp3) is 0.231. The van der Waals surface area contributed by atoms with Crippen molar-refractivity contribution in [2.24, 2.45) is 0 Å². The summed E-state index contributed by atoms with van der Waals surface area (Å²) in [6.45, 7) is 0.280. The van der Waals surface area contributed by atoms with Crippen molar-refractivity contribution in [1.29, 1.82) is 0 Å². The van der Waals surface area contributed by atoms with Crippen LogP contribution in [-0.4, -0.2) is 41.1 Å².